The third kappa shape index (κ3) is 5.55. The summed E-state index contributed by atoms with van der Waals surface area (Å²) < 4.78 is 58.7. The number of aryl methyl sites for hydroxylation is 1. The van der Waals surface area contributed by atoms with E-state index in [9.17, 15) is 18.3 Å². The lowest BCUT2D eigenvalue weighted by molar-refractivity contribution is -0.207. The molecule has 0 amide bonds. The van der Waals surface area contributed by atoms with Gasteiger partial charge in [-0.15, -0.1) is 6.58 Å². The number of hydrogen-bond donors (Lipinski definition) is 1. The zero-order chi connectivity index (χ0) is 21.5. The summed E-state index contributed by atoms with van der Waals surface area (Å²) in [5, 5.41) is 9.24. The fourth-order valence-corrected chi connectivity index (χ4v) is 3.22. The lowest BCUT2D eigenvalue weighted by Gasteiger charge is -2.30. The number of unbranched alkanes of at least 4 members (excludes halogenated alkanes) is 1. The predicted molar refractivity (Wildman–Crippen MR) is 106 cm³/mol. The second-order valence-corrected chi connectivity index (χ2v) is 7.25. The molecule has 0 aromatic heterocycles. The summed E-state index contributed by atoms with van der Waals surface area (Å²) in [7, 11) is 0. The van der Waals surface area contributed by atoms with Crippen LogP contribution in [0, 0.1) is 23.4 Å². The Morgan fingerprint density at radius 3 is 2.57 bits per heavy atom. The van der Waals surface area contributed by atoms with Crippen LogP contribution < -0.4 is 4.74 Å². The highest BCUT2D eigenvalue weighted by Gasteiger charge is 2.28. The van der Waals surface area contributed by atoms with Crippen molar-refractivity contribution in [3.05, 3.63) is 71.6 Å². The first-order chi connectivity index (χ1) is 14.5. The Balaban J connectivity index is 1.52. The van der Waals surface area contributed by atoms with Gasteiger partial charge in [-0.05, 0) is 55.5 Å². The van der Waals surface area contributed by atoms with E-state index in [1.54, 1.807) is 12.1 Å². The van der Waals surface area contributed by atoms with Crippen LogP contribution in [0.2, 0.25) is 0 Å². The topological polar surface area (TPSA) is 47.9 Å². The largest absolute Gasteiger partial charge is 0.505 e. The van der Waals surface area contributed by atoms with E-state index in [4.69, 9.17) is 14.2 Å². The minimum absolute atomic E-state index is 0.00926. The molecule has 162 valence electrons. The van der Waals surface area contributed by atoms with E-state index >= 15 is 0 Å². The lowest BCUT2D eigenvalue weighted by Crippen LogP contribution is -2.28. The molecule has 2 aromatic rings. The van der Waals surface area contributed by atoms with E-state index in [2.05, 4.69) is 6.58 Å². The second-order valence-electron chi connectivity index (χ2n) is 7.25. The Bertz CT molecular complexity index is 864. The smallest absolute Gasteiger partial charge is 0.201 e. The Morgan fingerprint density at radius 2 is 1.87 bits per heavy atom. The number of hydrogen-bond acceptors (Lipinski definition) is 4. The predicted octanol–water partition coefficient (Wildman–Crippen LogP) is 5.45. The third-order valence-corrected chi connectivity index (χ3v) is 4.96. The number of rotatable bonds is 9. The fourth-order valence-electron chi connectivity index (χ4n) is 3.22. The van der Waals surface area contributed by atoms with E-state index in [0.29, 0.717) is 32.5 Å². The van der Waals surface area contributed by atoms with Crippen LogP contribution in [0.25, 0.3) is 0 Å². The Hall–Kier alpha value is -2.51. The van der Waals surface area contributed by atoms with Gasteiger partial charge in [-0.1, -0.05) is 12.1 Å². The molecule has 0 unspecified atom stereocenters. The SMILES string of the molecule is C=CCCCOc1ccc(C2OCC(CCc3ccc(O)c(F)c3)CO2)c(F)c1F. The Morgan fingerprint density at radius 1 is 1.10 bits per heavy atom. The van der Waals surface area contributed by atoms with Crippen molar-refractivity contribution in [2.45, 2.75) is 32.0 Å². The highest BCUT2D eigenvalue weighted by Crippen LogP contribution is 2.32. The molecule has 0 spiro atoms. The van der Waals surface area contributed by atoms with Gasteiger partial charge in [0, 0.05) is 11.5 Å². The van der Waals surface area contributed by atoms with Crippen LogP contribution in [0.3, 0.4) is 0 Å². The number of phenolic OH excluding ortho intramolecular Hbond substituents is 1. The van der Waals surface area contributed by atoms with Gasteiger partial charge in [0.2, 0.25) is 5.82 Å². The van der Waals surface area contributed by atoms with Gasteiger partial charge >= 0.3 is 0 Å². The zero-order valence-electron chi connectivity index (χ0n) is 16.6. The number of aromatic hydroxyl groups is 1. The van der Waals surface area contributed by atoms with Crippen LogP contribution in [0.1, 0.15) is 36.7 Å². The fraction of sp³-hybridized carbons (Fsp3) is 0.391. The van der Waals surface area contributed by atoms with Crippen molar-refractivity contribution >= 4 is 0 Å². The van der Waals surface area contributed by atoms with Crippen molar-refractivity contribution in [1.29, 1.82) is 0 Å². The standard InChI is InChI=1S/C23H25F3O4/c1-2-3-4-11-28-20-10-8-17(21(25)22(20)26)23-29-13-16(14-30-23)6-5-15-7-9-19(27)18(24)12-15/h2,7-10,12,16,23,27H,1,3-6,11,13-14H2. The summed E-state index contributed by atoms with van der Waals surface area (Å²) in [5.74, 6) is -3.25. The lowest BCUT2D eigenvalue weighted by atomic mass is 10.00. The van der Waals surface area contributed by atoms with Gasteiger partial charge in [0.05, 0.1) is 19.8 Å². The van der Waals surface area contributed by atoms with Crippen molar-refractivity contribution in [1.82, 2.24) is 0 Å². The van der Waals surface area contributed by atoms with Crippen LogP contribution in [-0.4, -0.2) is 24.9 Å². The van der Waals surface area contributed by atoms with Gasteiger partial charge in [0.15, 0.2) is 29.4 Å². The van der Waals surface area contributed by atoms with Crippen molar-refractivity contribution < 1.29 is 32.5 Å². The molecule has 0 bridgehead atoms. The molecular formula is C23H25F3O4. The summed E-state index contributed by atoms with van der Waals surface area (Å²) in [4.78, 5) is 0. The van der Waals surface area contributed by atoms with Crippen LogP contribution in [0.15, 0.2) is 43.0 Å². The third-order valence-electron chi connectivity index (χ3n) is 4.96. The molecule has 1 aliphatic rings. The van der Waals surface area contributed by atoms with Gasteiger partial charge in [-0.25, -0.2) is 8.78 Å². The highest BCUT2D eigenvalue weighted by atomic mass is 19.2. The van der Waals surface area contributed by atoms with Gasteiger partial charge < -0.3 is 19.3 Å². The van der Waals surface area contributed by atoms with Crippen LogP contribution in [0.4, 0.5) is 13.2 Å². The summed E-state index contributed by atoms with van der Waals surface area (Å²) in [6, 6.07) is 7.05. The number of ether oxygens (including phenoxy) is 3. The normalized spacial score (nSPS) is 18.9. The van der Waals surface area contributed by atoms with Crippen molar-refractivity contribution in [3.63, 3.8) is 0 Å². The van der Waals surface area contributed by atoms with Gasteiger partial charge in [-0.3, -0.25) is 0 Å². The average molecular weight is 422 g/mol. The first-order valence-corrected chi connectivity index (χ1v) is 9.91. The summed E-state index contributed by atoms with van der Waals surface area (Å²) in [6.45, 7) is 4.49. The number of halogens is 3. The first-order valence-electron chi connectivity index (χ1n) is 9.91. The minimum Gasteiger partial charge on any atom is -0.505 e. The maximum atomic E-state index is 14.5. The maximum Gasteiger partial charge on any atom is 0.201 e. The highest BCUT2D eigenvalue weighted by molar-refractivity contribution is 5.32. The molecule has 4 nitrogen and oxygen atoms in total. The summed E-state index contributed by atoms with van der Waals surface area (Å²) in [6.07, 6.45) is 3.40. The van der Waals surface area contributed by atoms with Crippen molar-refractivity contribution in [2.24, 2.45) is 5.92 Å². The molecule has 3 rings (SSSR count). The molecule has 1 aliphatic heterocycles. The average Bonchev–Trinajstić information content (AvgIpc) is 2.75. The van der Waals surface area contributed by atoms with E-state index in [-0.39, 0.29) is 29.6 Å². The van der Waals surface area contributed by atoms with Gasteiger partial charge in [-0.2, -0.15) is 4.39 Å². The van der Waals surface area contributed by atoms with Crippen LogP contribution in [-0.2, 0) is 15.9 Å². The van der Waals surface area contributed by atoms with E-state index in [0.717, 1.165) is 12.0 Å². The molecule has 7 heteroatoms. The molecular weight excluding hydrogens is 397 g/mol. The first kappa shape index (κ1) is 22.2. The number of benzene rings is 2. The second kappa shape index (κ2) is 10.5. The van der Waals surface area contributed by atoms with Crippen molar-refractivity contribution in [3.8, 4) is 11.5 Å². The molecule has 0 radical (unpaired) electrons. The quantitative estimate of drug-likeness (QED) is 0.431. The molecule has 0 saturated carbocycles. The molecule has 0 aliphatic carbocycles. The number of allylic oxidation sites excluding steroid dienone is 1. The molecule has 30 heavy (non-hydrogen) atoms. The molecule has 2 aromatic carbocycles. The zero-order valence-corrected chi connectivity index (χ0v) is 16.6. The summed E-state index contributed by atoms with van der Waals surface area (Å²) >= 11 is 0. The van der Waals surface area contributed by atoms with E-state index in [1.807, 2.05) is 0 Å². The van der Waals surface area contributed by atoms with E-state index in [1.165, 1.54) is 24.3 Å². The Kier molecular flexibility index (Phi) is 7.76. The minimum atomic E-state index is -1.06. The molecule has 1 fully saturated rings. The molecule has 1 heterocycles. The Labute approximate surface area is 173 Å². The van der Waals surface area contributed by atoms with Gasteiger partial charge in [0.1, 0.15) is 0 Å². The van der Waals surface area contributed by atoms with Crippen molar-refractivity contribution in [2.75, 3.05) is 19.8 Å². The number of phenols is 1. The molecule has 0 atom stereocenters. The molecule has 1 saturated heterocycles. The molecule has 1 N–H and O–H groups in total. The van der Waals surface area contributed by atoms with Crippen LogP contribution in [0.5, 0.6) is 11.5 Å². The summed E-state index contributed by atoms with van der Waals surface area (Å²) in [5.41, 5.74) is 0.745. The van der Waals surface area contributed by atoms with Crippen LogP contribution >= 0.6 is 0 Å². The monoisotopic (exact) mass is 422 g/mol. The van der Waals surface area contributed by atoms with Gasteiger partial charge in [0.25, 0.3) is 0 Å². The maximum absolute atomic E-state index is 14.5. The van der Waals surface area contributed by atoms with E-state index < -0.39 is 23.7 Å².